The third-order valence-corrected chi connectivity index (χ3v) is 4.93. The number of halogens is 1. The number of anilines is 2. The Hall–Kier alpha value is -2.41. The van der Waals surface area contributed by atoms with E-state index in [1.807, 2.05) is 6.92 Å². The quantitative estimate of drug-likeness (QED) is 0.855. The van der Waals surface area contributed by atoms with Crippen LogP contribution in [0.5, 0.6) is 0 Å². The number of carbonyl (C=O) groups is 1. The van der Waals surface area contributed by atoms with E-state index in [1.165, 1.54) is 18.2 Å². The second kappa shape index (κ2) is 7.65. The minimum atomic E-state index is -3.71. The van der Waals surface area contributed by atoms with Crippen molar-refractivity contribution in [2.45, 2.75) is 26.3 Å². The lowest BCUT2D eigenvalue weighted by Crippen LogP contribution is -2.47. The number of aryl methyl sites for hydroxylation is 1. The molecule has 0 aliphatic carbocycles. The molecule has 0 saturated carbocycles. The van der Waals surface area contributed by atoms with Crippen molar-refractivity contribution >= 4 is 27.3 Å². The maximum atomic E-state index is 13.8. The van der Waals surface area contributed by atoms with E-state index >= 15 is 0 Å². The predicted molar refractivity (Wildman–Crippen MR) is 97.6 cm³/mol. The van der Waals surface area contributed by atoms with E-state index in [1.54, 1.807) is 37.3 Å². The van der Waals surface area contributed by atoms with Crippen LogP contribution in [-0.4, -0.2) is 26.6 Å². The molecule has 1 amide bonds. The molecular weight excluding hydrogens is 343 g/mol. The van der Waals surface area contributed by atoms with E-state index in [4.69, 9.17) is 0 Å². The molecule has 0 saturated heterocycles. The monoisotopic (exact) mass is 364 g/mol. The van der Waals surface area contributed by atoms with Crippen LogP contribution in [0.1, 0.15) is 18.9 Å². The highest BCUT2D eigenvalue weighted by atomic mass is 32.2. The average Bonchev–Trinajstić information content (AvgIpc) is 2.54. The first-order valence-corrected chi connectivity index (χ1v) is 9.70. The van der Waals surface area contributed by atoms with E-state index in [9.17, 15) is 17.6 Å². The van der Waals surface area contributed by atoms with Crippen LogP contribution >= 0.6 is 0 Å². The van der Waals surface area contributed by atoms with Gasteiger partial charge in [-0.1, -0.05) is 36.8 Å². The number of carbonyl (C=O) groups excluding carboxylic acids is 1. The zero-order chi connectivity index (χ0) is 18.6. The maximum absolute atomic E-state index is 13.8. The molecule has 0 unspecified atom stereocenters. The van der Waals surface area contributed by atoms with Crippen molar-refractivity contribution in [2.24, 2.45) is 0 Å². The Kier molecular flexibility index (Phi) is 5.79. The number of hydrogen-bond donors (Lipinski definition) is 1. The Morgan fingerprint density at radius 2 is 1.76 bits per heavy atom. The van der Waals surface area contributed by atoms with Crippen molar-refractivity contribution in [1.29, 1.82) is 0 Å². The zero-order valence-electron chi connectivity index (χ0n) is 14.4. The number of nitrogens with zero attached hydrogens (tertiary/aromatic N) is 1. The van der Waals surface area contributed by atoms with Crippen LogP contribution in [0.25, 0.3) is 0 Å². The lowest BCUT2D eigenvalue weighted by molar-refractivity contribution is -0.117. The molecule has 1 N–H and O–H groups in total. The zero-order valence-corrected chi connectivity index (χ0v) is 15.2. The number of amides is 1. The second-order valence-corrected chi connectivity index (χ2v) is 7.65. The largest absolute Gasteiger partial charge is 0.322 e. The molecule has 0 aromatic heterocycles. The van der Waals surface area contributed by atoms with Gasteiger partial charge in [-0.15, -0.1) is 0 Å². The van der Waals surface area contributed by atoms with Crippen LogP contribution in [0.2, 0.25) is 0 Å². The first-order valence-electron chi connectivity index (χ1n) is 7.85. The number of para-hydroxylation sites is 1. The van der Waals surface area contributed by atoms with E-state index in [0.29, 0.717) is 5.69 Å². The Morgan fingerprint density at radius 1 is 1.16 bits per heavy atom. The molecule has 134 valence electrons. The molecule has 7 heteroatoms. The lowest BCUT2D eigenvalue weighted by Gasteiger charge is -2.30. The molecule has 2 rings (SSSR count). The topological polar surface area (TPSA) is 66.5 Å². The van der Waals surface area contributed by atoms with Crippen LogP contribution in [0.4, 0.5) is 15.8 Å². The molecule has 0 radical (unpaired) electrons. The summed E-state index contributed by atoms with van der Waals surface area (Å²) < 4.78 is 39.5. The molecule has 0 spiro atoms. The number of hydrogen-bond acceptors (Lipinski definition) is 3. The molecule has 1 atom stereocenters. The number of benzene rings is 2. The summed E-state index contributed by atoms with van der Waals surface area (Å²) in [4.78, 5) is 12.6. The average molecular weight is 364 g/mol. The Bertz CT molecular complexity index is 851. The number of nitrogens with one attached hydrogen (secondary N) is 1. The molecule has 0 heterocycles. The maximum Gasteiger partial charge on any atom is 0.248 e. The van der Waals surface area contributed by atoms with Gasteiger partial charge >= 0.3 is 0 Å². The molecule has 0 aliphatic rings. The van der Waals surface area contributed by atoms with E-state index in [-0.39, 0.29) is 12.1 Å². The molecular formula is C18H21FN2O3S. The fraction of sp³-hybridized carbons (Fsp3) is 0.278. The van der Waals surface area contributed by atoms with Gasteiger partial charge in [0.1, 0.15) is 11.9 Å². The van der Waals surface area contributed by atoms with Crippen LogP contribution in [0, 0.1) is 12.7 Å². The Morgan fingerprint density at radius 3 is 2.28 bits per heavy atom. The molecule has 2 aromatic rings. The highest BCUT2D eigenvalue weighted by Crippen LogP contribution is 2.24. The van der Waals surface area contributed by atoms with E-state index in [2.05, 4.69) is 5.32 Å². The van der Waals surface area contributed by atoms with E-state index < -0.39 is 27.8 Å². The summed E-state index contributed by atoms with van der Waals surface area (Å²) in [5.41, 5.74) is 1.38. The molecule has 0 bridgehead atoms. The molecule has 0 aliphatic heterocycles. The van der Waals surface area contributed by atoms with Crippen molar-refractivity contribution in [3.05, 3.63) is 59.9 Å². The van der Waals surface area contributed by atoms with Gasteiger partial charge in [0.05, 0.1) is 17.6 Å². The first kappa shape index (κ1) is 18.9. The fourth-order valence-corrected chi connectivity index (χ4v) is 3.74. The minimum Gasteiger partial charge on any atom is -0.322 e. The lowest BCUT2D eigenvalue weighted by atomic mass is 10.1. The molecule has 5 nitrogen and oxygen atoms in total. The second-order valence-electron chi connectivity index (χ2n) is 5.79. The Labute approximate surface area is 147 Å². The summed E-state index contributed by atoms with van der Waals surface area (Å²) in [6, 6.07) is 11.6. The summed E-state index contributed by atoms with van der Waals surface area (Å²) in [6.45, 7) is 3.59. The van der Waals surface area contributed by atoms with Crippen LogP contribution in [-0.2, 0) is 14.8 Å². The van der Waals surface area contributed by atoms with Gasteiger partial charge in [0.15, 0.2) is 0 Å². The summed E-state index contributed by atoms with van der Waals surface area (Å²) >= 11 is 0. The van der Waals surface area contributed by atoms with Crippen LogP contribution in [0.3, 0.4) is 0 Å². The van der Waals surface area contributed by atoms with Crippen LogP contribution in [0.15, 0.2) is 48.5 Å². The standard InChI is InChI=1S/C18H21FN2O3S/c1-4-17(18(22)20-16-8-6-5-7-15(16)19)21(25(3,23)24)14-11-9-13(2)10-12-14/h5-12,17H,4H2,1-3H3,(H,20,22)/t17-/m0/s1. The third kappa shape index (κ3) is 4.57. The normalized spacial score (nSPS) is 12.5. The highest BCUT2D eigenvalue weighted by molar-refractivity contribution is 7.92. The van der Waals surface area contributed by atoms with Gasteiger partial charge < -0.3 is 5.32 Å². The predicted octanol–water partition coefficient (Wildman–Crippen LogP) is 3.32. The minimum absolute atomic E-state index is 0.0170. The summed E-state index contributed by atoms with van der Waals surface area (Å²) in [6.07, 6.45) is 1.28. The Balaban J connectivity index is 2.38. The van der Waals surface area contributed by atoms with Crippen molar-refractivity contribution in [3.63, 3.8) is 0 Å². The fourth-order valence-electron chi connectivity index (χ4n) is 2.53. The highest BCUT2D eigenvalue weighted by Gasteiger charge is 2.31. The van der Waals surface area contributed by atoms with Crippen molar-refractivity contribution in [3.8, 4) is 0 Å². The molecule has 2 aromatic carbocycles. The summed E-state index contributed by atoms with van der Waals surface area (Å²) in [5, 5.41) is 2.47. The van der Waals surface area contributed by atoms with Gasteiger partial charge in [0.2, 0.25) is 15.9 Å². The third-order valence-electron chi connectivity index (χ3n) is 3.75. The van der Waals surface area contributed by atoms with Gasteiger partial charge in [0, 0.05) is 0 Å². The van der Waals surface area contributed by atoms with E-state index in [0.717, 1.165) is 16.1 Å². The summed E-state index contributed by atoms with van der Waals surface area (Å²) in [5.74, 6) is -1.16. The van der Waals surface area contributed by atoms with Gasteiger partial charge in [-0.3, -0.25) is 9.10 Å². The van der Waals surface area contributed by atoms with Gasteiger partial charge in [-0.2, -0.15) is 0 Å². The van der Waals surface area contributed by atoms with Crippen molar-refractivity contribution in [1.82, 2.24) is 0 Å². The number of sulfonamides is 1. The smallest absolute Gasteiger partial charge is 0.248 e. The van der Waals surface area contributed by atoms with Gasteiger partial charge in [-0.05, 0) is 37.6 Å². The number of rotatable bonds is 6. The van der Waals surface area contributed by atoms with Crippen LogP contribution < -0.4 is 9.62 Å². The first-order chi connectivity index (χ1) is 11.7. The van der Waals surface area contributed by atoms with Crippen molar-refractivity contribution in [2.75, 3.05) is 15.9 Å². The van der Waals surface area contributed by atoms with Crippen molar-refractivity contribution < 1.29 is 17.6 Å². The summed E-state index contributed by atoms with van der Waals surface area (Å²) in [7, 11) is -3.71. The SMILES string of the molecule is CC[C@@H](C(=O)Nc1ccccc1F)N(c1ccc(C)cc1)S(C)(=O)=O. The van der Waals surface area contributed by atoms with Gasteiger partial charge in [0.25, 0.3) is 0 Å². The van der Waals surface area contributed by atoms with Gasteiger partial charge in [-0.25, -0.2) is 12.8 Å². The molecule has 25 heavy (non-hydrogen) atoms. The molecule has 0 fully saturated rings.